The first-order chi connectivity index (χ1) is 7.15. The molecule has 0 heterocycles. The van der Waals surface area contributed by atoms with Crippen LogP contribution in [0.3, 0.4) is 0 Å². The van der Waals surface area contributed by atoms with Crippen LogP contribution < -0.4 is 0 Å². The minimum Gasteiger partial charge on any atom is -0.303 e. The van der Waals surface area contributed by atoms with Crippen LogP contribution in [0.25, 0.3) is 0 Å². The molecule has 2 atom stereocenters. The van der Waals surface area contributed by atoms with Crippen molar-refractivity contribution in [3.05, 3.63) is 0 Å². The normalized spacial score (nSPS) is 15.6. The van der Waals surface area contributed by atoms with E-state index in [4.69, 9.17) is 0 Å². The Hall–Kier alpha value is 0.790. The van der Waals surface area contributed by atoms with Gasteiger partial charge in [-0.15, -0.1) is 0 Å². The van der Waals surface area contributed by atoms with Gasteiger partial charge < -0.3 is 4.90 Å². The van der Waals surface area contributed by atoms with Gasteiger partial charge in [-0.3, -0.25) is 0 Å². The Morgan fingerprint density at radius 2 is 2.00 bits per heavy atom. The molecular weight excluding hydrogens is 270 g/mol. The van der Waals surface area contributed by atoms with Gasteiger partial charge in [-0.05, 0) is 44.7 Å². The molecule has 0 radical (unpaired) electrons. The molecule has 0 saturated carbocycles. The van der Waals surface area contributed by atoms with Gasteiger partial charge in [0.15, 0.2) is 0 Å². The van der Waals surface area contributed by atoms with Gasteiger partial charge in [-0.2, -0.15) is 11.8 Å². The molecule has 92 valence electrons. The largest absolute Gasteiger partial charge is 0.303 e. The summed E-state index contributed by atoms with van der Waals surface area (Å²) in [4.78, 5) is 2.51. The number of thioether (sulfide) groups is 1. The van der Waals surface area contributed by atoms with E-state index in [1.807, 2.05) is 11.8 Å². The second-order valence-corrected chi connectivity index (χ2v) is 6.01. The van der Waals surface area contributed by atoms with Crippen LogP contribution in [-0.2, 0) is 0 Å². The van der Waals surface area contributed by atoms with Crippen molar-refractivity contribution in [3.8, 4) is 0 Å². The Balaban J connectivity index is 3.81. The van der Waals surface area contributed by atoms with E-state index in [9.17, 15) is 0 Å². The van der Waals surface area contributed by atoms with Gasteiger partial charge in [0.05, 0.1) is 0 Å². The summed E-state index contributed by atoms with van der Waals surface area (Å²) in [6, 6.07) is 0.718. The molecule has 0 spiro atoms. The van der Waals surface area contributed by atoms with Crippen LogP contribution in [0.4, 0.5) is 0 Å². The van der Waals surface area contributed by atoms with Crippen molar-refractivity contribution in [1.82, 2.24) is 4.90 Å². The molecule has 0 aromatic rings. The fraction of sp³-hybridized carbons (Fsp3) is 1.00. The highest BCUT2D eigenvalue weighted by atomic mass is 79.9. The number of nitrogens with zero attached hydrogens (tertiary/aromatic N) is 1. The lowest BCUT2D eigenvalue weighted by Crippen LogP contribution is -2.34. The number of rotatable bonds is 9. The van der Waals surface area contributed by atoms with Crippen LogP contribution in [-0.4, -0.2) is 41.9 Å². The molecule has 0 aromatic carbocycles. The second kappa shape index (κ2) is 9.98. The van der Waals surface area contributed by atoms with Crippen LogP contribution in [0.1, 0.15) is 33.1 Å². The zero-order valence-electron chi connectivity index (χ0n) is 10.6. The lowest BCUT2D eigenvalue weighted by Gasteiger charge is -2.28. The highest BCUT2D eigenvalue weighted by Gasteiger charge is 2.13. The van der Waals surface area contributed by atoms with E-state index in [1.165, 1.54) is 31.6 Å². The molecule has 3 heteroatoms. The van der Waals surface area contributed by atoms with Gasteiger partial charge in [-0.1, -0.05) is 29.3 Å². The zero-order chi connectivity index (χ0) is 11.7. The van der Waals surface area contributed by atoms with E-state index in [1.54, 1.807) is 0 Å². The predicted octanol–water partition coefficient (Wildman–Crippen LogP) is 3.87. The summed E-state index contributed by atoms with van der Waals surface area (Å²) in [5.74, 6) is 2.09. The average Bonchev–Trinajstić information content (AvgIpc) is 2.24. The number of hydrogen-bond donors (Lipinski definition) is 0. The quantitative estimate of drug-likeness (QED) is 0.594. The highest BCUT2D eigenvalue weighted by molar-refractivity contribution is 9.09. The first-order valence-electron chi connectivity index (χ1n) is 5.90. The first-order valence-corrected chi connectivity index (χ1v) is 8.42. The Bertz CT molecular complexity index is 144. The lowest BCUT2D eigenvalue weighted by molar-refractivity contribution is 0.217. The van der Waals surface area contributed by atoms with Crippen molar-refractivity contribution in [2.75, 3.05) is 30.9 Å². The van der Waals surface area contributed by atoms with E-state index < -0.39 is 0 Å². The van der Waals surface area contributed by atoms with E-state index in [2.05, 4.69) is 48.0 Å². The van der Waals surface area contributed by atoms with Gasteiger partial charge in [0, 0.05) is 17.9 Å². The van der Waals surface area contributed by atoms with Gasteiger partial charge in [0.1, 0.15) is 0 Å². The smallest absolute Gasteiger partial charge is 0.00718 e. The SMILES string of the molecule is CCCC(CBr)CN(C)C(C)CCSC. The Labute approximate surface area is 109 Å². The number of halogens is 1. The third kappa shape index (κ3) is 7.64. The molecule has 0 aliphatic heterocycles. The second-order valence-electron chi connectivity index (χ2n) is 4.38. The van der Waals surface area contributed by atoms with Gasteiger partial charge in [0.25, 0.3) is 0 Å². The van der Waals surface area contributed by atoms with Crippen LogP contribution in [0.5, 0.6) is 0 Å². The Kier molecular flexibility index (Phi) is 10.5. The highest BCUT2D eigenvalue weighted by Crippen LogP contribution is 2.14. The minimum atomic E-state index is 0.718. The molecule has 2 unspecified atom stereocenters. The molecule has 0 amide bonds. The molecular formula is C12H26BrNS. The van der Waals surface area contributed by atoms with Gasteiger partial charge in [0.2, 0.25) is 0 Å². The summed E-state index contributed by atoms with van der Waals surface area (Å²) in [7, 11) is 2.26. The minimum absolute atomic E-state index is 0.718. The van der Waals surface area contributed by atoms with Crippen molar-refractivity contribution in [3.63, 3.8) is 0 Å². The average molecular weight is 296 g/mol. The van der Waals surface area contributed by atoms with Crippen molar-refractivity contribution in [2.45, 2.75) is 39.2 Å². The monoisotopic (exact) mass is 295 g/mol. The van der Waals surface area contributed by atoms with E-state index in [0.717, 1.165) is 17.3 Å². The molecule has 0 N–H and O–H groups in total. The number of alkyl halides is 1. The summed E-state index contributed by atoms with van der Waals surface area (Å²) >= 11 is 5.56. The maximum atomic E-state index is 3.62. The summed E-state index contributed by atoms with van der Waals surface area (Å²) in [5, 5.41) is 1.14. The molecule has 0 aliphatic rings. The molecule has 0 fully saturated rings. The summed E-state index contributed by atoms with van der Waals surface area (Å²) < 4.78 is 0. The number of hydrogen-bond acceptors (Lipinski definition) is 2. The summed E-state index contributed by atoms with van der Waals surface area (Å²) in [5.41, 5.74) is 0. The maximum absolute atomic E-state index is 3.62. The van der Waals surface area contributed by atoms with E-state index in [0.29, 0.717) is 0 Å². The lowest BCUT2D eigenvalue weighted by atomic mass is 10.0. The van der Waals surface area contributed by atoms with Gasteiger partial charge >= 0.3 is 0 Å². The van der Waals surface area contributed by atoms with Crippen LogP contribution in [0.2, 0.25) is 0 Å². The van der Waals surface area contributed by atoms with Crippen LogP contribution >= 0.6 is 27.7 Å². The summed E-state index contributed by atoms with van der Waals surface area (Å²) in [6.45, 7) is 5.84. The summed E-state index contributed by atoms with van der Waals surface area (Å²) in [6.07, 6.45) is 6.12. The maximum Gasteiger partial charge on any atom is 0.00718 e. The Morgan fingerprint density at radius 3 is 2.47 bits per heavy atom. The molecule has 0 aliphatic carbocycles. The predicted molar refractivity (Wildman–Crippen MR) is 77.3 cm³/mol. The first kappa shape index (κ1) is 15.8. The van der Waals surface area contributed by atoms with Gasteiger partial charge in [-0.25, -0.2) is 0 Å². The van der Waals surface area contributed by atoms with Crippen molar-refractivity contribution >= 4 is 27.7 Å². The zero-order valence-corrected chi connectivity index (χ0v) is 13.0. The molecule has 0 saturated heterocycles. The molecule has 0 bridgehead atoms. The van der Waals surface area contributed by atoms with E-state index in [-0.39, 0.29) is 0 Å². The Morgan fingerprint density at radius 1 is 1.33 bits per heavy atom. The molecule has 0 rings (SSSR count). The molecule has 1 nitrogen and oxygen atoms in total. The topological polar surface area (TPSA) is 3.24 Å². The fourth-order valence-electron chi connectivity index (χ4n) is 1.72. The van der Waals surface area contributed by atoms with Crippen molar-refractivity contribution in [2.24, 2.45) is 5.92 Å². The van der Waals surface area contributed by atoms with Crippen molar-refractivity contribution in [1.29, 1.82) is 0 Å². The third-order valence-electron chi connectivity index (χ3n) is 2.95. The van der Waals surface area contributed by atoms with Crippen LogP contribution in [0, 0.1) is 5.92 Å². The van der Waals surface area contributed by atoms with Crippen LogP contribution in [0.15, 0.2) is 0 Å². The third-order valence-corrected chi connectivity index (χ3v) is 4.51. The standard InChI is InChI=1S/C12H26BrNS/c1-5-6-12(9-13)10-14(3)11(2)7-8-15-4/h11-12H,5-10H2,1-4H3. The molecule has 0 aromatic heterocycles. The molecule has 15 heavy (non-hydrogen) atoms. The van der Waals surface area contributed by atoms with Crippen molar-refractivity contribution < 1.29 is 0 Å². The van der Waals surface area contributed by atoms with E-state index >= 15 is 0 Å². The fourth-order valence-corrected chi connectivity index (χ4v) is 2.83.